The van der Waals surface area contributed by atoms with Crippen LogP contribution in [-0.2, 0) is 6.54 Å². The van der Waals surface area contributed by atoms with Crippen LogP contribution in [0.5, 0.6) is 0 Å². The lowest BCUT2D eigenvalue weighted by atomic mass is 9.99. The molecule has 1 aromatic carbocycles. The number of rotatable bonds is 5. The summed E-state index contributed by atoms with van der Waals surface area (Å²) in [5, 5.41) is 12.2. The number of aryl methyl sites for hydroxylation is 1. The first-order valence-corrected chi connectivity index (χ1v) is 8.85. The number of carbonyl (C=O) groups is 1. The van der Waals surface area contributed by atoms with Gasteiger partial charge in [0, 0.05) is 17.3 Å². The predicted molar refractivity (Wildman–Crippen MR) is 101 cm³/mol. The Bertz CT molecular complexity index is 1040. The summed E-state index contributed by atoms with van der Waals surface area (Å²) in [6.07, 6.45) is -5.12. The SMILES string of the molecule is Cc1ccc(-c2cc(C(=O)NCc3ccc(F)cn3)cc(C(O)C(F)(F)F)c2)nc1. The lowest BCUT2D eigenvalue weighted by molar-refractivity contribution is -0.206. The number of carbonyl (C=O) groups excluding carboxylic acids is 1. The molecule has 1 unspecified atom stereocenters. The van der Waals surface area contributed by atoms with Gasteiger partial charge in [0.05, 0.1) is 24.1 Å². The summed E-state index contributed by atoms with van der Waals surface area (Å²) in [6, 6.07) is 9.40. The van der Waals surface area contributed by atoms with Crippen LogP contribution in [0.3, 0.4) is 0 Å². The van der Waals surface area contributed by atoms with Crippen molar-refractivity contribution >= 4 is 5.91 Å². The average molecular weight is 419 g/mol. The minimum Gasteiger partial charge on any atom is -0.379 e. The molecule has 2 N–H and O–H groups in total. The normalized spacial score (nSPS) is 12.5. The molecule has 0 bridgehead atoms. The fourth-order valence-corrected chi connectivity index (χ4v) is 2.70. The van der Waals surface area contributed by atoms with Crippen LogP contribution < -0.4 is 5.32 Å². The highest BCUT2D eigenvalue weighted by Crippen LogP contribution is 2.34. The molecular formula is C21H17F4N3O2. The molecule has 0 aliphatic carbocycles. The quantitative estimate of drug-likeness (QED) is 0.611. The zero-order chi connectivity index (χ0) is 21.9. The van der Waals surface area contributed by atoms with E-state index in [4.69, 9.17) is 0 Å². The lowest BCUT2D eigenvalue weighted by Crippen LogP contribution is -2.25. The molecule has 9 heteroatoms. The van der Waals surface area contributed by atoms with Crippen molar-refractivity contribution in [3.63, 3.8) is 0 Å². The maximum atomic E-state index is 13.1. The van der Waals surface area contributed by atoms with Crippen molar-refractivity contribution in [3.8, 4) is 11.3 Å². The van der Waals surface area contributed by atoms with Crippen LogP contribution >= 0.6 is 0 Å². The Morgan fingerprint density at radius 2 is 1.87 bits per heavy atom. The molecule has 3 aromatic rings. The summed E-state index contributed by atoms with van der Waals surface area (Å²) in [7, 11) is 0. The first kappa shape index (κ1) is 21.4. The number of benzene rings is 1. The molecular weight excluding hydrogens is 402 g/mol. The highest BCUT2D eigenvalue weighted by molar-refractivity contribution is 5.95. The lowest BCUT2D eigenvalue weighted by Gasteiger charge is -2.17. The number of hydrogen-bond donors (Lipinski definition) is 2. The maximum Gasteiger partial charge on any atom is 0.418 e. The molecule has 0 fully saturated rings. The highest BCUT2D eigenvalue weighted by atomic mass is 19.4. The third kappa shape index (κ3) is 5.18. The molecule has 0 spiro atoms. The van der Waals surface area contributed by atoms with Crippen molar-refractivity contribution in [1.82, 2.24) is 15.3 Å². The fourth-order valence-electron chi connectivity index (χ4n) is 2.70. The van der Waals surface area contributed by atoms with Gasteiger partial charge in [-0.2, -0.15) is 13.2 Å². The molecule has 0 aliphatic heterocycles. The number of aliphatic hydroxyl groups excluding tert-OH is 1. The number of halogens is 4. The molecule has 156 valence electrons. The van der Waals surface area contributed by atoms with Gasteiger partial charge in [-0.3, -0.25) is 14.8 Å². The van der Waals surface area contributed by atoms with Gasteiger partial charge in [0.1, 0.15) is 5.82 Å². The second-order valence-corrected chi connectivity index (χ2v) is 6.66. The Morgan fingerprint density at radius 1 is 1.10 bits per heavy atom. The molecule has 0 radical (unpaired) electrons. The van der Waals surface area contributed by atoms with Gasteiger partial charge in [-0.1, -0.05) is 6.07 Å². The molecule has 1 atom stereocenters. The van der Waals surface area contributed by atoms with Crippen molar-refractivity contribution in [2.24, 2.45) is 0 Å². The van der Waals surface area contributed by atoms with Crippen LogP contribution in [0.1, 0.15) is 33.3 Å². The highest BCUT2D eigenvalue weighted by Gasteiger charge is 2.39. The smallest absolute Gasteiger partial charge is 0.379 e. The Labute approximate surface area is 169 Å². The van der Waals surface area contributed by atoms with E-state index < -0.39 is 29.6 Å². The Balaban J connectivity index is 1.93. The largest absolute Gasteiger partial charge is 0.418 e. The molecule has 1 amide bonds. The summed E-state index contributed by atoms with van der Waals surface area (Å²) in [4.78, 5) is 20.5. The van der Waals surface area contributed by atoms with E-state index in [1.807, 2.05) is 6.92 Å². The molecule has 0 saturated carbocycles. The van der Waals surface area contributed by atoms with Crippen molar-refractivity contribution < 1.29 is 27.5 Å². The molecule has 30 heavy (non-hydrogen) atoms. The second kappa shape index (κ2) is 8.58. The number of nitrogens with zero attached hydrogens (tertiary/aromatic N) is 2. The van der Waals surface area contributed by atoms with Gasteiger partial charge in [0.25, 0.3) is 5.91 Å². The van der Waals surface area contributed by atoms with E-state index in [9.17, 15) is 27.5 Å². The summed E-state index contributed by atoms with van der Waals surface area (Å²) in [5.74, 6) is -1.21. The van der Waals surface area contributed by atoms with Crippen molar-refractivity contribution in [1.29, 1.82) is 0 Å². The third-order valence-electron chi connectivity index (χ3n) is 4.27. The number of amides is 1. The van der Waals surface area contributed by atoms with Gasteiger partial charge in [-0.15, -0.1) is 0 Å². The zero-order valence-electron chi connectivity index (χ0n) is 15.7. The first-order valence-electron chi connectivity index (χ1n) is 8.85. The van der Waals surface area contributed by atoms with E-state index in [-0.39, 0.29) is 17.7 Å². The Hall–Kier alpha value is -3.33. The summed E-state index contributed by atoms with van der Waals surface area (Å²) in [6.45, 7) is 1.76. The monoisotopic (exact) mass is 419 g/mol. The van der Waals surface area contributed by atoms with E-state index in [1.54, 1.807) is 18.3 Å². The number of aliphatic hydroxyl groups is 1. The number of nitrogens with one attached hydrogen (secondary N) is 1. The van der Waals surface area contributed by atoms with Gasteiger partial charge < -0.3 is 10.4 Å². The van der Waals surface area contributed by atoms with Gasteiger partial charge >= 0.3 is 6.18 Å². The van der Waals surface area contributed by atoms with Crippen LogP contribution in [0.15, 0.2) is 54.9 Å². The first-order chi connectivity index (χ1) is 14.1. The van der Waals surface area contributed by atoms with Gasteiger partial charge in [0.2, 0.25) is 0 Å². The molecule has 5 nitrogen and oxygen atoms in total. The van der Waals surface area contributed by atoms with Crippen LogP contribution in [-0.4, -0.2) is 27.2 Å². The molecule has 2 aromatic heterocycles. The van der Waals surface area contributed by atoms with E-state index in [1.165, 1.54) is 18.2 Å². The minimum atomic E-state index is -4.90. The Kier molecular flexibility index (Phi) is 6.12. The Morgan fingerprint density at radius 3 is 2.47 bits per heavy atom. The minimum absolute atomic E-state index is 0.0523. The molecule has 2 heterocycles. The third-order valence-corrected chi connectivity index (χ3v) is 4.27. The average Bonchev–Trinajstić information content (AvgIpc) is 2.72. The fraction of sp³-hybridized carbons (Fsp3) is 0.190. The number of hydrogen-bond acceptors (Lipinski definition) is 4. The molecule has 0 saturated heterocycles. The van der Waals surface area contributed by atoms with Crippen LogP contribution in [0.2, 0.25) is 0 Å². The van der Waals surface area contributed by atoms with Crippen LogP contribution in [0, 0.1) is 12.7 Å². The number of aromatic nitrogens is 2. The summed E-state index contributed by atoms with van der Waals surface area (Å²) >= 11 is 0. The van der Waals surface area contributed by atoms with E-state index >= 15 is 0 Å². The maximum absolute atomic E-state index is 13.1. The van der Waals surface area contributed by atoms with Crippen LogP contribution in [0.4, 0.5) is 17.6 Å². The summed E-state index contributed by atoms with van der Waals surface area (Å²) < 4.78 is 52.1. The van der Waals surface area contributed by atoms with E-state index in [0.29, 0.717) is 11.4 Å². The number of pyridine rings is 2. The van der Waals surface area contributed by atoms with E-state index in [2.05, 4.69) is 15.3 Å². The van der Waals surface area contributed by atoms with Crippen LogP contribution in [0.25, 0.3) is 11.3 Å². The van der Waals surface area contributed by atoms with Crippen molar-refractivity contribution in [2.75, 3.05) is 0 Å². The molecule has 0 aliphatic rings. The van der Waals surface area contributed by atoms with E-state index in [0.717, 1.165) is 23.9 Å². The number of alkyl halides is 3. The summed E-state index contributed by atoms with van der Waals surface area (Å²) in [5.41, 5.74) is 1.27. The standard InChI is InChI=1S/C21H17F4N3O2/c1-12-2-5-18(27-9-12)13-6-14(19(29)21(23,24)25)8-15(7-13)20(30)28-11-17-4-3-16(22)10-26-17/h2-10,19,29H,11H2,1H3,(H,28,30). The predicted octanol–water partition coefficient (Wildman–Crippen LogP) is 4.12. The van der Waals surface area contributed by atoms with Gasteiger partial charge in [-0.25, -0.2) is 4.39 Å². The topological polar surface area (TPSA) is 75.1 Å². The van der Waals surface area contributed by atoms with Crippen molar-refractivity contribution in [2.45, 2.75) is 25.7 Å². The second-order valence-electron chi connectivity index (χ2n) is 6.66. The van der Waals surface area contributed by atoms with Gasteiger partial charge in [0.15, 0.2) is 6.10 Å². The zero-order valence-corrected chi connectivity index (χ0v) is 15.7. The van der Waals surface area contributed by atoms with Crippen molar-refractivity contribution in [3.05, 3.63) is 83.1 Å². The van der Waals surface area contributed by atoms with Gasteiger partial charge in [-0.05, 0) is 54.4 Å². The molecule has 3 rings (SSSR count).